The summed E-state index contributed by atoms with van der Waals surface area (Å²) in [6, 6.07) is 22.1. The van der Waals surface area contributed by atoms with Gasteiger partial charge in [0.2, 0.25) is 11.8 Å². The van der Waals surface area contributed by atoms with Gasteiger partial charge in [-0.05, 0) is 59.4 Å². The second-order valence-corrected chi connectivity index (χ2v) is 11.1. The van der Waals surface area contributed by atoms with E-state index in [0.717, 1.165) is 25.9 Å². The zero-order chi connectivity index (χ0) is 27.4. The van der Waals surface area contributed by atoms with E-state index >= 15 is 0 Å². The van der Waals surface area contributed by atoms with Gasteiger partial charge in [-0.3, -0.25) is 29.0 Å². The molecule has 7 rings (SSSR count). The van der Waals surface area contributed by atoms with E-state index in [0.29, 0.717) is 24.5 Å². The van der Waals surface area contributed by atoms with Crippen LogP contribution in [0.15, 0.2) is 72.8 Å². The normalized spacial score (nSPS) is 23.6. The molecule has 0 radical (unpaired) electrons. The average molecular weight is 535 g/mol. The number of carbonyl (C=O) groups is 4. The molecule has 40 heavy (non-hydrogen) atoms. The average Bonchev–Trinajstić information content (AvgIpc) is 3.45. The molecule has 0 aromatic heterocycles. The standard InChI is InChI=1S/C32H30N4O4/c37-29-17-27(33-15-13-21-5-1-3-7-23(21)19-33)31(39)35(29)25-9-11-26(12-10-25)36-30(38)18-28(32(36)40)34-16-14-22-6-2-4-8-24(22)20-34/h1-12,27-28H,13-20H2/t27-,28-/m0/s1. The largest absolute Gasteiger partial charge is 0.287 e. The summed E-state index contributed by atoms with van der Waals surface area (Å²) in [7, 11) is 0. The Labute approximate surface area is 232 Å². The molecule has 0 unspecified atom stereocenters. The summed E-state index contributed by atoms with van der Waals surface area (Å²) in [5.41, 5.74) is 5.90. The van der Waals surface area contributed by atoms with E-state index in [4.69, 9.17) is 0 Å². The number of hydrogen-bond donors (Lipinski definition) is 0. The second-order valence-electron chi connectivity index (χ2n) is 11.1. The Morgan fingerprint density at radius 2 is 0.875 bits per heavy atom. The van der Waals surface area contributed by atoms with Crippen molar-refractivity contribution in [2.75, 3.05) is 22.9 Å². The number of carbonyl (C=O) groups excluding carboxylic acids is 4. The lowest BCUT2D eigenvalue weighted by molar-refractivity contribution is -0.124. The lowest BCUT2D eigenvalue weighted by Gasteiger charge is -2.32. The molecule has 202 valence electrons. The van der Waals surface area contributed by atoms with E-state index in [1.165, 1.54) is 32.1 Å². The summed E-state index contributed by atoms with van der Waals surface area (Å²) in [4.78, 5) is 59.5. The van der Waals surface area contributed by atoms with Crippen LogP contribution in [-0.2, 0) is 45.1 Å². The third kappa shape index (κ3) is 4.15. The van der Waals surface area contributed by atoms with Crippen molar-refractivity contribution in [3.63, 3.8) is 0 Å². The van der Waals surface area contributed by atoms with Gasteiger partial charge in [0.15, 0.2) is 0 Å². The molecule has 8 heteroatoms. The lowest BCUT2D eigenvalue weighted by atomic mass is 9.98. The summed E-state index contributed by atoms with van der Waals surface area (Å²) in [6.07, 6.45) is 2.00. The van der Waals surface area contributed by atoms with Crippen LogP contribution in [0.2, 0.25) is 0 Å². The summed E-state index contributed by atoms with van der Waals surface area (Å²) in [5, 5.41) is 0. The molecule has 3 aromatic carbocycles. The number of fused-ring (bicyclic) bond motifs is 2. The molecule has 0 saturated carbocycles. The first kappa shape index (κ1) is 24.9. The van der Waals surface area contributed by atoms with Crippen LogP contribution < -0.4 is 9.80 Å². The summed E-state index contributed by atoms with van der Waals surface area (Å²) >= 11 is 0. The molecule has 4 aliphatic heterocycles. The number of imide groups is 2. The van der Waals surface area contributed by atoms with E-state index in [-0.39, 0.29) is 36.5 Å². The number of hydrogen-bond acceptors (Lipinski definition) is 6. The molecule has 3 aromatic rings. The van der Waals surface area contributed by atoms with Gasteiger partial charge in [0.25, 0.3) is 11.8 Å². The van der Waals surface area contributed by atoms with Crippen molar-refractivity contribution >= 4 is 35.0 Å². The van der Waals surface area contributed by atoms with Gasteiger partial charge in [-0.1, -0.05) is 48.5 Å². The number of benzene rings is 3. The molecule has 0 aliphatic carbocycles. The molecule has 0 N–H and O–H groups in total. The monoisotopic (exact) mass is 534 g/mol. The molecule has 4 amide bonds. The van der Waals surface area contributed by atoms with Gasteiger partial charge in [-0.25, -0.2) is 9.80 Å². The lowest BCUT2D eigenvalue weighted by Crippen LogP contribution is -2.44. The summed E-state index contributed by atoms with van der Waals surface area (Å²) < 4.78 is 0. The Balaban J connectivity index is 1.05. The maximum absolute atomic E-state index is 13.4. The van der Waals surface area contributed by atoms with Gasteiger partial charge < -0.3 is 0 Å². The number of anilines is 2. The molecule has 2 fully saturated rings. The maximum atomic E-state index is 13.4. The highest BCUT2D eigenvalue weighted by molar-refractivity contribution is 6.24. The van der Waals surface area contributed by atoms with Gasteiger partial charge in [-0.15, -0.1) is 0 Å². The minimum absolute atomic E-state index is 0.145. The smallest absolute Gasteiger partial charge is 0.251 e. The minimum atomic E-state index is -0.488. The molecule has 0 spiro atoms. The van der Waals surface area contributed by atoms with Gasteiger partial charge >= 0.3 is 0 Å². The predicted molar refractivity (Wildman–Crippen MR) is 149 cm³/mol. The third-order valence-electron chi connectivity index (χ3n) is 8.81. The topological polar surface area (TPSA) is 81.2 Å². The van der Waals surface area contributed by atoms with Crippen LogP contribution in [0.3, 0.4) is 0 Å². The Morgan fingerprint density at radius 3 is 1.27 bits per heavy atom. The van der Waals surface area contributed by atoms with Crippen molar-refractivity contribution in [2.45, 2.75) is 50.9 Å². The fraction of sp³-hybridized carbons (Fsp3) is 0.312. The first-order valence-corrected chi connectivity index (χ1v) is 13.9. The third-order valence-corrected chi connectivity index (χ3v) is 8.81. The van der Waals surface area contributed by atoms with Gasteiger partial charge in [0.05, 0.1) is 36.3 Å². The molecule has 2 saturated heterocycles. The van der Waals surface area contributed by atoms with Crippen LogP contribution in [0, 0.1) is 0 Å². The molecule has 2 atom stereocenters. The quantitative estimate of drug-likeness (QED) is 0.479. The van der Waals surface area contributed by atoms with Crippen molar-refractivity contribution in [3.8, 4) is 0 Å². The van der Waals surface area contributed by atoms with Crippen molar-refractivity contribution in [2.24, 2.45) is 0 Å². The number of amides is 4. The highest BCUT2D eigenvalue weighted by Gasteiger charge is 2.45. The molecular weight excluding hydrogens is 504 g/mol. The highest BCUT2D eigenvalue weighted by Crippen LogP contribution is 2.33. The van der Waals surface area contributed by atoms with Gasteiger partial charge in [-0.2, -0.15) is 0 Å². The van der Waals surface area contributed by atoms with E-state index < -0.39 is 12.1 Å². The zero-order valence-corrected chi connectivity index (χ0v) is 22.2. The molecule has 4 aliphatic rings. The molecular formula is C32H30N4O4. The molecule has 8 nitrogen and oxygen atoms in total. The van der Waals surface area contributed by atoms with E-state index in [1.807, 2.05) is 24.3 Å². The maximum Gasteiger partial charge on any atom is 0.251 e. The molecule has 4 heterocycles. The van der Waals surface area contributed by atoms with Crippen molar-refractivity contribution in [3.05, 3.63) is 95.1 Å². The minimum Gasteiger partial charge on any atom is -0.287 e. The fourth-order valence-corrected chi connectivity index (χ4v) is 6.66. The van der Waals surface area contributed by atoms with Crippen LogP contribution in [0.1, 0.15) is 35.1 Å². The van der Waals surface area contributed by atoms with Crippen LogP contribution in [-0.4, -0.2) is 58.6 Å². The van der Waals surface area contributed by atoms with Gasteiger partial charge in [0, 0.05) is 26.2 Å². The summed E-state index contributed by atoms with van der Waals surface area (Å²) in [6.45, 7) is 2.76. The second kappa shape index (κ2) is 9.80. The Bertz CT molecular complexity index is 1420. The fourth-order valence-electron chi connectivity index (χ4n) is 6.66. The SMILES string of the molecule is O=C1C[C@H](N2CCc3ccccc3C2)C(=O)N1c1ccc(N2C(=O)C[C@H](N3CCc4ccccc4C3)C2=O)cc1. The summed E-state index contributed by atoms with van der Waals surface area (Å²) in [5.74, 6) is -0.924. The Morgan fingerprint density at radius 1 is 0.500 bits per heavy atom. The van der Waals surface area contributed by atoms with Gasteiger partial charge in [0.1, 0.15) is 0 Å². The molecule has 0 bridgehead atoms. The van der Waals surface area contributed by atoms with Crippen LogP contribution in [0.4, 0.5) is 11.4 Å². The van der Waals surface area contributed by atoms with Crippen molar-refractivity contribution < 1.29 is 19.2 Å². The van der Waals surface area contributed by atoms with Crippen molar-refractivity contribution in [1.82, 2.24) is 9.80 Å². The first-order valence-electron chi connectivity index (χ1n) is 13.9. The van der Waals surface area contributed by atoms with E-state index in [9.17, 15) is 19.2 Å². The first-order chi connectivity index (χ1) is 19.5. The van der Waals surface area contributed by atoms with Crippen LogP contribution >= 0.6 is 0 Å². The Hall–Kier alpha value is -4.14. The predicted octanol–water partition coefficient (Wildman–Crippen LogP) is 3.07. The van der Waals surface area contributed by atoms with E-state index in [1.54, 1.807) is 24.3 Å². The Kier molecular flexibility index (Phi) is 6.09. The van der Waals surface area contributed by atoms with Crippen molar-refractivity contribution in [1.29, 1.82) is 0 Å². The van der Waals surface area contributed by atoms with E-state index in [2.05, 4.69) is 34.1 Å². The van der Waals surface area contributed by atoms with Crippen LogP contribution in [0.25, 0.3) is 0 Å². The zero-order valence-electron chi connectivity index (χ0n) is 22.2. The number of rotatable bonds is 4. The number of nitrogens with zero attached hydrogens (tertiary/aromatic N) is 4. The van der Waals surface area contributed by atoms with Crippen LogP contribution in [0.5, 0.6) is 0 Å². The highest BCUT2D eigenvalue weighted by atomic mass is 16.2.